The summed E-state index contributed by atoms with van der Waals surface area (Å²) in [6.07, 6.45) is 2.81. The van der Waals surface area contributed by atoms with Crippen molar-refractivity contribution in [2.45, 2.75) is 38.3 Å². The molecule has 1 amide bonds. The Bertz CT molecular complexity index is 244. The van der Waals surface area contributed by atoms with Crippen molar-refractivity contribution in [1.82, 2.24) is 4.90 Å². The minimum atomic E-state index is 0.0112. The van der Waals surface area contributed by atoms with E-state index in [2.05, 4.69) is 0 Å². The SMILES string of the molecule is CC1OCCC1C(=O)N1CCCC1CO. The Kier molecular flexibility index (Phi) is 3.26. The Labute approximate surface area is 90.2 Å². The van der Waals surface area contributed by atoms with E-state index in [9.17, 15) is 4.79 Å². The zero-order chi connectivity index (χ0) is 10.8. The van der Waals surface area contributed by atoms with Gasteiger partial charge in [0.25, 0.3) is 0 Å². The number of carbonyl (C=O) groups excluding carboxylic acids is 1. The molecule has 0 aromatic heterocycles. The first kappa shape index (κ1) is 10.9. The predicted octanol–water partition coefficient (Wildman–Crippen LogP) is 0.395. The summed E-state index contributed by atoms with van der Waals surface area (Å²) in [5.74, 6) is 0.189. The molecule has 0 aromatic carbocycles. The maximum atomic E-state index is 12.2. The van der Waals surface area contributed by atoms with Gasteiger partial charge >= 0.3 is 0 Å². The number of hydrogen-bond donors (Lipinski definition) is 1. The highest BCUT2D eigenvalue weighted by Crippen LogP contribution is 2.26. The summed E-state index contributed by atoms with van der Waals surface area (Å²) >= 11 is 0. The molecule has 1 N–H and O–H groups in total. The highest BCUT2D eigenvalue weighted by Gasteiger charge is 2.37. The van der Waals surface area contributed by atoms with Crippen molar-refractivity contribution in [3.63, 3.8) is 0 Å². The summed E-state index contributed by atoms with van der Waals surface area (Å²) < 4.78 is 5.41. The third-order valence-electron chi connectivity index (χ3n) is 3.56. The zero-order valence-electron chi connectivity index (χ0n) is 9.19. The normalized spacial score (nSPS) is 36.1. The van der Waals surface area contributed by atoms with E-state index in [1.165, 1.54) is 0 Å². The van der Waals surface area contributed by atoms with Gasteiger partial charge < -0.3 is 14.7 Å². The van der Waals surface area contributed by atoms with Crippen LogP contribution in [0, 0.1) is 5.92 Å². The first-order chi connectivity index (χ1) is 7.24. The molecule has 0 aromatic rings. The molecule has 0 spiro atoms. The average Bonchev–Trinajstić information content (AvgIpc) is 2.84. The molecular formula is C11H19NO3. The van der Waals surface area contributed by atoms with E-state index < -0.39 is 0 Å². The van der Waals surface area contributed by atoms with Gasteiger partial charge in [-0.2, -0.15) is 0 Å². The number of ether oxygens (including phenoxy) is 1. The van der Waals surface area contributed by atoms with Crippen LogP contribution in [-0.4, -0.2) is 47.8 Å². The Morgan fingerprint density at radius 3 is 2.93 bits per heavy atom. The molecule has 2 heterocycles. The molecule has 0 aliphatic carbocycles. The standard InChI is InChI=1S/C11H19NO3/c1-8-10(4-6-15-8)11(14)12-5-2-3-9(12)7-13/h8-10,13H,2-7H2,1H3. The van der Waals surface area contributed by atoms with Gasteiger partial charge in [0, 0.05) is 13.2 Å². The fourth-order valence-electron chi connectivity index (χ4n) is 2.58. The monoisotopic (exact) mass is 213 g/mol. The van der Waals surface area contributed by atoms with Crippen LogP contribution in [0.3, 0.4) is 0 Å². The Hall–Kier alpha value is -0.610. The molecule has 2 rings (SSSR count). The van der Waals surface area contributed by atoms with E-state index in [1.54, 1.807) is 0 Å². The van der Waals surface area contributed by atoms with E-state index in [0.717, 1.165) is 25.8 Å². The van der Waals surface area contributed by atoms with Crippen molar-refractivity contribution < 1.29 is 14.6 Å². The van der Waals surface area contributed by atoms with Gasteiger partial charge in [0.05, 0.1) is 24.7 Å². The van der Waals surface area contributed by atoms with Gasteiger partial charge in [-0.15, -0.1) is 0 Å². The summed E-state index contributed by atoms with van der Waals surface area (Å²) in [7, 11) is 0. The number of nitrogens with zero attached hydrogens (tertiary/aromatic N) is 1. The number of amides is 1. The Balaban J connectivity index is 2.00. The van der Waals surface area contributed by atoms with Crippen molar-refractivity contribution >= 4 is 5.91 Å². The molecule has 3 unspecified atom stereocenters. The van der Waals surface area contributed by atoms with Gasteiger partial charge in [-0.3, -0.25) is 4.79 Å². The molecule has 4 heteroatoms. The van der Waals surface area contributed by atoms with Crippen LogP contribution in [0.4, 0.5) is 0 Å². The third-order valence-corrected chi connectivity index (χ3v) is 3.56. The van der Waals surface area contributed by atoms with Crippen molar-refractivity contribution in [3.8, 4) is 0 Å². The van der Waals surface area contributed by atoms with Gasteiger partial charge in [0.15, 0.2) is 0 Å². The van der Waals surface area contributed by atoms with Gasteiger partial charge in [-0.05, 0) is 26.2 Å². The molecule has 3 atom stereocenters. The molecule has 15 heavy (non-hydrogen) atoms. The molecule has 0 saturated carbocycles. The molecule has 86 valence electrons. The van der Waals surface area contributed by atoms with Crippen LogP contribution in [0.2, 0.25) is 0 Å². The van der Waals surface area contributed by atoms with Gasteiger partial charge in [0.2, 0.25) is 5.91 Å². The van der Waals surface area contributed by atoms with Crippen LogP contribution in [-0.2, 0) is 9.53 Å². The summed E-state index contributed by atoms with van der Waals surface area (Å²) in [5.41, 5.74) is 0. The van der Waals surface area contributed by atoms with Crippen LogP contribution < -0.4 is 0 Å². The predicted molar refractivity (Wildman–Crippen MR) is 55.3 cm³/mol. The van der Waals surface area contributed by atoms with E-state index >= 15 is 0 Å². The number of aliphatic hydroxyl groups excluding tert-OH is 1. The van der Waals surface area contributed by atoms with E-state index in [4.69, 9.17) is 9.84 Å². The zero-order valence-corrected chi connectivity index (χ0v) is 9.19. The number of aliphatic hydroxyl groups is 1. The fourth-order valence-corrected chi connectivity index (χ4v) is 2.58. The quantitative estimate of drug-likeness (QED) is 0.722. The van der Waals surface area contributed by atoms with Crippen molar-refractivity contribution in [1.29, 1.82) is 0 Å². The topological polar surface area (TPSA) is 49.8 Å². The lowest BCUT2D eigenvalue weighted by Crippen LogP contribution is -2.43. The average molecular weight is 213 g/mol. The summed E-state index contributed by atoms with van der Waals surface area (Å²) in [6.45, 7) is 3.54. The van der Waals surface area contributed by atoms with Gasteiger partial charge in [0.1, 0.15) is 0 Å². The first-order valence-electron chi connectivity index (χ1n) is 5.77. The summed E-state index contributed by atoms with van der Waals surface area (Å²) in [5, 5.41) is 9.17. The van der Waals surface area contributed by atoms with Crippen LogP contribution in [0.25, 0.3) is 0 Å². The van der Waals surface area contributed by atoms with E-state index in [-0.39, 0.29) is 30.6 Å². The van der Waals surface area contributed by atoms with Gasteiger partial charge in [-0.25, -0.2) is 0 Å². The molecule has 0 bridgehead atoms. The van der Waals surface area contributed by atoms with Crippen LogP contribution in [0.15, 0.2) is 0 Å². The second kappa shape index (κ2) is 4.49. The minimum Gasteiger partial charge on any atom is -0.394 e. The molecule has 2 saturated heterocycles. The second-order valence-corrected chi connectivity index (χ2v) is 4.48. The molecule has 2 aliphatic heterocycles. The molecule has 4 nitrogen and oxygen atoms in total. The smallest absolute Gasteiger partial charge is 0.228 e. The highest BCUT2D eigenvalue weighted by molar-refractivity contribution is 5.80. The Morgan fingerprint density at radius 2 is 2.33 bits per heavy atom. The maximum Gasteiger partial charge on any atom is 0.228 e. The molecule has 2 fully saturated rings. The molecular weight excluding hydrogens is 194 g/mol. The minimum absolute atomic E-state index is 0.0112. The van der Waals surface area contributed by atoms with Crippen molar-refractivity contribution in [2.24, 2.45) is 5.92 Å². The van der Waals surface area contributed by atoms with Crippen LogP contribution >= 0.6 is 0 Å². The molecule has 2 aliphatic rings. The number of likely N-dealkylation sites (tertiary alicyclic amines) is 1. The van der Waals surface area contributed by atoms with Crippen LogP contribution in [0.5, 0.6) is 0 Å². The highest BCUT2D eigenvalue weighted by atomic mass is 16.5. The fraction of sp³-hybridized carbons (Fsp3) is 0.909. The lowest BCUT2D eigenvalue weighted by atomic mass is 10.0. The first-order valence-corrected chi connectivity index (χ1v) is 5.77. The maximum absolute atomic E-state index is 12.2. The second-order valence-electron chi connectivity index (χ2n) is 4.48. The van der Waals surface area contributed by atoms with E-state index in [0.29, 0.717) is 6.61 Å². The van der Waals surface area contributed by atoms with Crippen LogP contribution in [0.1, 0.15) is 26.2 Å². The lowest BCUT2D eigenvalue weighted by Gasteiger charge is -2.27. The molecule has 0 radical (unpaired) electrons. The lowest BCUT2D eigenvalue weighted by molar-refractivity contribution is -0.138. The summed E-state index contributed by atoms with van der Waals surface area (Å²) in [6, 6.07) is 0.0466. The van der Waals surface area contributed by atoms with E-state index in [1.807, 2.05) is 11.8 Å². The number of carbonyl (C=O) groups is 1. The Morgan fingerprint density at radius 1 is 1.53 bits per heavy atom. The third kappa shape index (κ3) is 2.01. The number of rotatable bonds is 2. The van der Waals surface area contributed by atoms with Crippen molar-refractivity contribution in [3.05, 3.63) is 0 Å². The van der Waals surface area contributed by atoms with Crippen molar-refractivity contribution in [2.75, 3.05) is 19.8 Å². The van der Waals surface area contributed by atoms with Gasteiger partial charge in [-0.1, -0.05) is 0 Å². The summed E-state index contributed by atoms with van der Waals surface area (Å²) in [4.78, 5) is 14.0. The number of hydrogen-bond acceptors (Lipinski definition) is 3. The largest absolute Gasteiger partial charge is 0.394 e.